The third-order valence-electron chi connectivity index (χ3n) is 3.92. The summed E-state index contributed by atoms with van der Waals surface area (Å²) in [7, 11) is 4.20. The first kappa shape index (κ1) is 15.3. The van der Waals surface area contributed by atoms with Crippen molar-refractivity contribution in [3.05, 3.63) is 48.2 Å². The lowest BCUT2D eigenvalue weighted by Crippen LogP contribution is -2.26. The number of nitrogens with zero attached hydrogens (tertiary/aromatic N) is 3. The highest BCUT2D eigenvalue weighted by atomic mass is 16.2. The first-order valence-electron chi connectivity index (χ1n) is 7.63. The molecular formula is C17H21N5O. The Morgan fingerprint density at radius 2 is 2.00 bits per heavy atom. The molecule has 0 saturated heterocycles. The van der Waals surface area contributed by atoms with Crippen LogP contribution in [0.5, 0.6) is 0 Å². The van der Waals surface area contributed by atoms with Gasteiger partial charge in [0.25, 0.3) is 0 Å². The highest BCUT2D eigenvalue weighted by molar-refractivity contribution is 5.99. The van der Waals surface area contributed by atoms with Gasteiger partial charge in [-0.1, -0.05) is 12.1 Å². The van der Waals surface area contributed by atoms with E-state index in [1.807, 2.05) is 24.3 Å². The number of pyridine rings is 1. The number of carbonyl (C=O) groups excluding carboxylic acids is 1. The summed E-state index contributed by atoms with van der Waals surface area (Å²) < 4.78 is 0. The SMILES string of the molecule is CN1CCN(C)c2cc(NC(=O)Nc3ccccn3)ccc2C1. The summed E-state index contributed by atoms with van der Waals surface area (Å²) in [5.74, 6) is 0.526. The first-order valence-corrected chi connectivity index (χ1v) is 7.63. The molecule has 6 nitrogen and oxygen atoms in total. The molecule has 6 heteroatoms. The Kier molecular flexibility index (Phi) is 4.43. The number of nitrogens with one attached hydrogen (secondary N) is 2. The number of benzene rings is 1. The van der Waals surface area contributed by atoms with Crippen molar-refractivity contribution >= 4 is 23.2 Å². The molecule has 0 unspecified atom stereocenters. The van der Waals surface area contributed by atoms with E-state index in [1.54, 1.807) is 12.3 Å². The second-order valence-corrected chi connectivity index (χ2v) is 5.80. The summed E-state index contributed by atoms with van der Waals surface area (Å²) in [6.07, 6.45) is 1.64. The average Bonchev–Trinajstić information content (AvgIpc) is 2.68. The fourth-order valence-corrected chi connectivity index (χ4v) is 2.66. The molecule has 2 N–H and O–H groups in total. The van der Waals surface area contributed by atoms with Crippen LogP contribution in [0.1, 0.15) is 5.56 Å². The van der Waals surface area contributed by atoms with Crippen LogP contribution in [0.15, 0.2) is 42.6 Å². The van der Waals surface area contributed by atoms with Crippen molar-refractivity contribution in [1.29, 1.82) is 0 Å². The van der Waals surface area contributed by atoms with Gasteiger partial charge in [-0.3, -0.25) is 5.32 Å². The number of rotatable bonds is 2. The van der Waals surface area contributed by atoms with E-state index >= 15 is 0 Å². The molecule has 0 spiro atoms. The largest absolute Gasteiger partial charge is 0.373 e. The Morgan fingerprint density at radius 1 is 1.13 bits per heavy atom. The number of aromatic nitrogens is 1. The molecule has 0 atom stereocenters. The van der Waals surface area contributed by atoms with E-state index in [2.05, 4.69) is 45.6 Å². The van der Waals surface area contributed by atoms with E-state index in [1.165, 1.54) is 5.56 Å². The van der Waals surface area contributed by atoms with Crippen molar-refractivity contribution in [2.75, 3.05) is 42.7 Å². The van der Waals surface area contributed by atoms with E-state index < -0.39 is 0 Å². The number of urea groups is 1. The molecule has 3 rings (SSSR count). The quantitative estimate of drug-likeness (QED) is 0.895. The van der Waals surface area contributed by atoms with Crippen molar-refractivity contribution in [3.63, 3.8) is 0 Å². The highest BCUT2D eigenvalue weighted by Crippen LogP contribution is 2.27. The molecule has 0 radical (unpaired) electrons. The van der Waals surface area contributed by atoms with E-state index in [4.69, 9.17) is 0 Å². The molecule has 0 aliphatic carbocycles. The van der Waals surface area contributed by atoms with E-state index in [0.717, 1.165) is 31.0 Å². The second-order valence-electron chi connectivity index (χ2n) is 5.80. The Morgan fingerprint density at radius 3 is 2.78 bits per heavy atom. The highest BCUT2D eigenvalue weighted by Gasteiger charge is 2.16. The van der Waals surface area contributed by atoms with Crippen LogP contribution < -0.4 is 15.5 Å². The van der Waals surface area contributed by atoms with E-state index in [0.29, 0.717) is 5.82 Å². The van der Waals surface area contributed by atoms with Crippen LogP contribution in [0.25, 0.3) is 0 Å². The zero-order valence-corrected chi connectivity index (χ0v) is 13.4. The third-order valence-corrected chi connectivity index (χ3v) is 3.92. The fraction of sp³-hybridized carbons (Fsp3) is 0.294. The van der Waals surface area contributed by atoms with Gasteiger partial charge in [0.1, 0.15) is 5.82 Å². The third kappa shape index (κ3) is 3.78. The molecule has 0 fully saturated rings. The molecule has 2 heterocycles. The summed E-state index contributed by atoms with van der Waals surface area (Å²) in [5, 5.41) is 5.58. The molecule has 1 aliphatic rings. The predicted octanol–water partition coefficient (Wildman–Crippen LogP) is 2.61. The lowest BCUT2D eigenvalue weighted by atomic mass is 10.1. The normalized spacial score (nSPS) is 14.8. The number of anilines is 3. The smallest absolute Gasteiger partial charge is 0.324 e. The van der Waals surface area contributed by atoms with Crippen molar-refractivity contribution in [2.24, 2.45) is 0 Å². The Bertz CT molecular complexity index is 689. The van der Waals surface area contributed by atoms with E-state index in [-0.39, 0.29) is 6.03 Å². The van der Waals surface area contributed by atoms with Gasteiger partial charge in [-0.2, -0.15) is 0 Å². The maximum absolute atomic E-state index is 12.1. The maximum Gasteiger partial charge on any atom is 0.324 e. The van der Waals surface area contributed by atoms with Gasteiger partial charge in [0.05, 0.1) is 0 Å². The van der Waals surface area contributed by atoms with Gasteiger partial charge in [0.15, 0.2) is 0 Å². The van der Waals surface area contributed by atoms with Crippen LogP contribution in [0.4, 0.5) is 22.0 Å². The van der Waals surface area contributed by atoms with Crippen LogP contribution in [0.3, 0.4) is 0 Å². The molecule has 2 aromatic rings. The molecule has 0 bridgehead atoms. The maximum atomic E-state index is 12.1. The molecule has 1 aliphatic heterocycles. The molecule has 1 aromatic carbocycles. The Balaban J connectivity index is 1.73. The molecule has 23 heavy (non-hydrogen) atoms. The minimum Gasteiger partial charge on any atom is -0.373 e. The minimum absolute atomic E-state index is 0.294. The zero-order valence-electron chi connectivity index (χ0n) is 13.4. The lowest BCUT2D eigenvalue weighted by Gasteiger charge is -2.20. The molecule has 120 valence electrons. The summed E-state index contributed by atoms with van der Waals surface area (Å²) >= 11 is 0. The van der Waals surface area contributed by atoms with Crippen molar-refractivity contribution in [1.82, 2.24) is 9.88 Å². The van der Waals surface area contributed by atoms with Gasteiger partial charge in [-0.25, -0.2) is 9.78 Å². The zero-order chi connectivity index (χ0) is 16.2. The summed E-state index contributed by atoms with van der Waals surface area (Å²) in [5.41, 5.74) is 3.20. The first-order chi connectivity index (χ1) is 11.1. The van der Waals surface area contributed by atoms with Crippen LogP contribution in [0.2, 0.25) is 0 Å². The molecular weight excluding hydrogens is 290 g/mol. The number of fused-ring (bicyclic) bond motifs is 1. The van der Waals surface area contributed by atoms with Crippen molar-refractivity contribution in [2.45, 2.75) is 6.54 Å². The van der Waals surface area contributed by atoms with Crippen molar-refractivity contribution < 1.29 is 4.79 Å². The van der Waals surface area contributed by atoms with Gasteiger partial charge in [0, 0.05) is 44.3 Å². The summed E-state index contributed by atoms with van der Waals surface area (Å²) in [6, 6.07) is 11.1. The predicted molar refractivity (Wildman–Crippen MR) is 92.9 cm³/mol. The average molecular weight is 311 g/mol. The summed E-state index contributed by atoms with van der Waals surface area (Å²) in [4.78, 5) is 20.7. The Labute approximate surface area is 136 Å². The van der Waals surface area contributed by atoms with E-state index in [9.17, 15) is 4.79 Å². The van der Waals surface area contributed by atoms with Crippen LogP contribution in [-0.4, -0.2) is 43.1 Å². The van der Waals surface area contributed by atoms with Gasteiger partial charge < -0.3 is 15.1 Å². The van der Waals surface area contributed by atoms with Gasteiger partial charge in [-0.05, 0) is 36.9 Å². The lowest BCUT2D eigenvalue weighted by molar-refractivity contribution is 0.262. The van der Waals surface area contributed by atoms with Gasteiger partial charge >= 0.3 is 6.03 Å². The van der Waals surface area contributed by atoms with Crippen LogP contribution in [0, 0.1) is 0 Å². The molecule has 2 amide bonds. The minimum atomic E-state index is -0.294. The van der Waals surface area contributed by atoms with Gasteiger partial charge in [-0.15, -0.1) is 0 Å². The second kappa shape index (κ2) is 6.66. The standard InChI is InChI=1S/C17H21N5O/c1-21-9-10-22(2)15-11-14(7-6-13(15)12-21)19-17(23)20-16-5-3-4-8-18-16/h3-8,11H,9-10,12H2,1-2H3,(H2,18,19,20,23). The number of amides is 2. The summed E-state index contributed by atoms with van der Waals surface area (Å²) in [6.45, 7) is 2.90. The number of carbonyl (C=O) groups is 1. The van der Waals surface area contributed by atoms with Crippen LogP contribution in [-0.2, 0) is 6.54 Å². The van der Waals surface area contributed by atoms with Gasteiger partial charge in [0.2, 0.25) is 0 Å². The van der Waals surface area contributed by atoms with Crippen LogP contribution >= 0.6 is 0 Å². The Hall–Kier alpha value is -2.60. The fourth-order valence-electron chi connectivity index (χ4n) is 2.66. The number of hydrogen-bond donors (Lipinski definition) is 2. The topological polar surface area (TPSA) is 60.5 Å². The number of likely N-dealkylation sites (N-methyl/N-ethyl adjacent to an activating group) is 2. The molecule has 1 aromatic heterocycles. The van der Waals surface area contributed by atoms with Crippen molar-refractivity contribution in [3.8, 4) is 0 Å². The monoisotopic (exact) mass is 311 g/mol. The number of hydrogen-bond acceptors (Lipinski definition) is 4. The molecule has 0 saturated carbocycles.